The van der Waals surface area contributed by atoms with Crippen LogP contribution in [0, 0.1) is 5.92 Å². The van der Waals surface area contributed by atoms with Gasteiger partial charge in [-0.25, -0.2) is 0 Å². The Kier molecular flexibility index (Phi) is 4.80. The number of rotatable bonds is 4. The Morgan fingerprint density at radius 3 is 2.65 bits per heavy atom. The fourth-order valence-electron chi connectivity index (χ4n) is 2.59. The maximum absolute atomic E-state index is 12.0. The lowest BCUT2D eigenvalue weighted by Gasteiger charge is -2.25. The number of carbonyl (C=O) groups is 1. The molecule has 0 aromatic rings. The zero-order chi connectivity index (χ0) is 12.1. The van der Waals surface area contributed by atoms with E-state index in [9.17, 15) is 4.79 Å². The summed E-state index contributed by atoms with van der Waals surface area (Å²) in [5.41, 5.74) is 0. The van der Waals surface area contributed by atoms with Gasteiger partial charge in [-0.1, -0.05) is 0 Å². The van der Waals surface area contributed by atoms with Gasteiger partial charge in [0.15, 0.2) is 0 Å². The van der Waals surface area contributed by atoms with Crippen LogP contribution in [0.5, 0.6) is 0 Å². The molecule has 2 heterocycles. The van der Waals surface area contributed by atoms with E-state index in [4.69, 9.17) is 4.74 Å². The highest BCUT2D eigenvalue weighted by molar-refractivity contribution is 5.80. The third kappa shape index (κ3) is 3.68. The monoisotopic (exact) mass is 240 g/mol. The van der Waals surface area contributed by atoms with E-state index in [1.807, 2.05) is 11.8 Å². The fourth-order valence-corrected chi connectivity index (χ4v) is 2.59. The SMILES string of the molecule is CC(OCC1CCNCC1)C(=O)N1CCCC1. The molecule has 0 aromatic heterocycles. The van der Waals surface area contributed by atoms with Crippen molar-refractivity contribution in [2.75, 3.05) is 32.8 Å². The van der Waals surface area contributed by atoms with Crippen LogP contribution in [-0.4, -0.2) is 49.7 Å². The van der Waals surface area contributed by atoms with Gasteiger partial charge in [-0.3, -0.25) is 4.79 Å². The highest BCUT2D eigenvalue weighted by Crippen LogP contribution is 2.15. The molecule has 2 fully saturated rings. The van der Waals surface area contributed by atoms with Gasteiger partial charge in [0.2, 0.25) is 0 Å². The van der Waals surface area contributed by atoms with Gasteiger partial charge in [-0.2, -0.15) is 0 Å². The molecule has 98 valence electrons. The largest absolute Gasteiger partial charge is 0.368 e. The number of ether oxygens (including phenoxy) is 1. The third-order valence-electron chi connectivity index (χ3n) is 3.81. The molecule has 0 spiro atoms. The molecule has 0 aliphatic carbocycles. The molecule has 4 nitrogen and oxygen atoms in total. The summed E-state index contributed by atoms with van der Waals surface area (Å²) in [6, 6.07) is 0. The van der Waals surface area contributed by atoms with Crippen molar-refractivity contribution in [3.8, 4) is 0 Å². The van der Waals surface area contributed by atoms with Gasteiger partial charge >= 0.3 is 0 Å². The highest BCUT2D eigenvalue weighted by atomic mass is 16.5. The first-order valence-corrected chi connectivity index (χ1v) is 6.88. The molecule has 17 heavy (non-hydrogen) atoms. The molecule has 1 atom stereocenters. The van der Waals surface area contributed by atoms with Crippen LogP contribution >= 0.6 is 0 Å². The molecule has 1 N–H and O–H groups in total. The smallest absolute Gasteiger partial charge is 0.251 e. The number of hydrogen-bond acceptors (Lipinski definition) is 3. The van der Waals surface area contributed by atoms with Gasteiger partial charge in [-0.15, -0.1) is 0 Å². The van der Waals surface area contributed by atoms with Crippen molar-refractivity contribution in [1.82, 2.24) is 10.2 Å². The van der Waals surface area contributed by atoms with E-state index in [0.29, 0.717) is 5.92 Å². The van der Waals surface area contributed by atoms with E-state index in [0.717, 1.165) is 45.6 Å². The van der Waals surface area contributed by atoms with Crippen LogP contribution in [0.15, 0.2) is 0 Å². The number of nitrogens with zero attached hydrogens (tertiary/aromatic N) is 1. The zero-order valence-corrected chi connectivity index (χ0v) is 10.8. The predicted octanol–water partition coefficient (Wildman–Crippen LogP) is 1.01. The first kappa shape index (κ1) is 12.8. The molecule has 2 aliphatic rings. The van der Waals surface area contributed by atoms with Crippen LogP contribution < -0.4 is 5.32 Å². The second kappa shape index (κ2) is 6.36. The van der Waals surface area contributed by atoms with Gasteiger partial charge in [0.25, 0.3) is 5.91 Å². The van der Waals surface area contributed by atoms with Crippen LogP contribution in [-0.2, 0) is 9.53 Å². The van der Waals surface area contributed by atoms with Crippen molar-refractivity contribution in [3.63, 3.8) is 0 Å². The van der Waals surface area contributed by atoms with Crippen molar-refractivity contribution in [3.05, 3.63) is 0 Å². The van der Waals surface area contributed by atoms with E-state index in [1.165, 1.54) is 12.8 Å². The Morgan fingerprint density at radius 2 is 2.00 bits per heavy atom. The number of piperidine rings is 1. The maximum Gasteiger partial charge on any atom is 0.251 e. The summed E-state index contributed by atoms with van der Waals surface area (Å²) in [7, 11) is 0. The van der Waals surface area contributed by atoms with E-state index in [2.05, 4.69) is 5.32 Å². The zero-order valence-electron chi connectivity index (χ0n) is 10.8. The molecule has 2 saturated heterocycles. The predicted molar refractivity (Wildman–Crippen MR) is 66.8 cm³/mol. The molecule has 0 saturated carbocycles. The van der Waals surface area contributed by atoms with Crippen LogP contribution in [0.3, 0.4) is 0 Å². The normalized spacial score (nSPS) is 23.9. The number of carbonyl (C=O) groups excluding carboxylic acids is 1. The average molecular weight is 240 g/mol. The Bertz CT molecular complexity index is 246. The third-order valence-corrected chi connectivity index (χ3v) is 3.81. The summed E-state index contributed by atoms with van der Waals surface area (Å²) in [5.74, 6) is 0.807. The second-order valence-corrected chi connectivity index (χ2v) is 5.20. The van der Waals surface area contributed by atoms with E-state index < -0.39 is 0 Å². The van der Waals surface area contributed by atoms with Gasteiger partial charge in [-0.05, 0) is 51.6 Å². The van der Waals surface area contributed by atoms with Crippen LogP contribution in [0.1, 0.15) is 32.6 Å². The minimum absolute atomic E-state index is 0.177. The number of amides is 1. The maximum atomic E-state index is 12.0. The molecule has 1 amide bonds. The van der Waals surface area contributed by atoms with Gasteiger partial charge < -0.3 is 15.0 Å². The van der Waals surface area contributed by atoms with Crippen molar-refractivity contribution >= 4 is 5.91 Å². The van der Waals surface area contributed by atoms with Crippen molar-refractivity contribution in [2.45, 2.75) is 38.7 Å². The summed E-state index contributed by atoms with van der Waals surface area (Å²) in [6.45, 7) is 6.63. The summed E-state index contributed by atoms with van der Waals surface area (Å²) >= 11 is 0. The second-order valence-electron chi connectivity index (χ2n) is 5.20. The molecular weight excluding hydrogens is 216 g/mol. The molecule has 0 bridgehead atoms. The topological polar surface area (TPSA) is 41.6 Å². The first-order chi connectivity index (χ1) is 8.27. The van der Waals surface area contributed by atoms with Crippen molar-refractivity contribution in [1.29, 1.82) is 0 Å². The molecule has 0 aromatic carbocycles. The molecule has 1 unspecified atom stereocenters. The number of hydrogen-bond donors (Lipinski definition) is 1. The lowest BCUT2D eigenvalue weighted by atomic mass is 9.99. The number of likely N-dealkylation sites (tertiary alicyclic amines) is 1. The molecule has 2 rings (SSSR count). The average Bonchev–Trinajstić information content (AvgIpc) is 2.90. The minimum atomic E-state index is -0.261. The van der Waals surface area contributed by atoms with E-state index in [1.54, 1.807) is 0 Å². The summed E-state index contributed by atoms with van der Waals surface area (Å²) < 4.78 is 5.74. The van der Waals surface area contributed by atoms with Crippen LogP contribution in [0.4, 0.5) is 0 Å². The Balaban J connectivity index is 1.68. The van der Waals surface area contributed by atoms with Crippen LogP contribution in [0.25, 0.3) is 0 Å². The van der Waals surface area contributed by atoms with E-state index >= 15 is 0 Å². The van der Waals surface area contributed by atoms with E-state index in [-0.39, 0.29) is 12.0 Å². The molecule has 4 heteroatoms. The summed E-state index contributed by atoms with van der Waals surface area (Å²) in [5, 5.41) is 3.34. The summed E-state index contributed by atoms with van der Waals surface area (Å²) in [6.07, 6.45) is 4.37. The Morgan fingerprint density at radius 1 is 1.35 bits per heavy atom. The summed E-state index contributed by atoms with van der Waals surface area (Å²) in [4.78, 5) is 13.9. The van der Waals surface area contributed by atoms with Gasteiger partial charge in [0, 0.05) is 13.1 Å². The molecule has 2 aliphatic heterocycles. The van der Waals surface area contributed by atoms with Gasteiger partial charge in [0.05, 0.1) is 6.61 Å². The lowest BCUT2D eigenvalue weighted by molar-refractivity contribution is -0.142. The minimum Gasteiger partial charge on any atom is -0.368 e. The van der Waals surface area contributed by atoms with Crippen LogP contribution in [0.2, 0.25) is 0 Å². The van der Waals surface area contributed by atoms with Crippen molar-refractivity contribution < 1.29 is 9.53 Å². The molecular formula is C13H24N2O2. The Hall–Kier alpha value is -0.610. The fraction of sp³-hybridized carbons (Fsp3) is 0.923. The van der Waals surface area contributed by atoms with Gasteiger partial charge in [0.1, 0.15) is 6.10 Å². The molecule has 0 radical (unpaired) electrons. The standard InChI is InChI=1S/C13H24N2O2/c1-11(13(16)15-8-2-3-9-15)17-10-12-4-6-14-7-5-12/h11-12,14H,2-10H2,1H3. The lowest BCUT2D eigenvalue weighted by Crippen LogP contribution is -2.38. The Labute approximate surface area is 104 Å². The van der Waals surface area contributed by atoms with Crippen molar-refractivity contribution in [2.24, 2.45) is 5.92 Å². The first-order valence-electron chi connectivity index (χ1n) is 6.88. The quantitative estimate of drug-likeness (QED) is 0.797. The number of nitrogens with one attached hydrogen (secondary N) is 1. The highest BCUT2D eigenvalue weighted by Gasteiger charge is 2.24.